The largest absolute Gasteiger partial charge is 0.355 e. The molecule has 0 unspecified atom stereocenters. The van der Waals surface area contributed by atoms with E-state index in [1.807, 2.05) is 18.2 Å². The van der Waals surface area contributed by atoms with E-state index >= 15 is 0 Å². The van der Waals surface area contributed by atoms with E-state index in [9.17, 15) is 9.59 Å². The van der Waals surface area contributed by atoms with Crippen LogP contribution >= 0.6 is 11.3 Å². The van der Waals surface area contributed by atoms with Gasteiger partial charge in [0, 0.05) is 18.8 Å². The number of nitrogens with one attached hydrogen (secondary N) is 2. The first-order valence-corrected chi connectivity index (χ1v) is 10.4. The van der Waals surface area contributed by atoms with Gasteiger partial charge in [0.25, 0.3) is 0 Å². The number of aromatic nitrogens is 1. The lowest BCUT2D eigenvalue weighted by atomic mass is 9.68. The van der Waals surface area contributed by atoms with Crippen molar-refractivity contribution in [3.8, 4) is 0 Å². The zero-order chi connectivity index (χ0) is 19.4. The van der Waals surface area contributed by atoms with E-state index in [0.717, 1.165) is 29.6 Å². The minimum atomic E-state index is -0.186. The number of amides is 1. The Morgan fingerprint density at radius 2 is 2.25 bits per heavy atom. The summed E-state index contributed by atoms with van der Waals surface area (Å²) in [6.07, 6.45) is 8.89. The van der Waals surface area contributed by atoms with E-state index in [4.69, 9.17) is 0 Å². The fourth-order valence-corrected chi connectivity index (χ4v) is 4.55. The summed E-state index contributed by atoms with van der Waals surface area (Å²) < 4.78 is 1.09. The number of amidine groups is 1. The van der Waals surface area contributed by atoms with Gasteiger partial charge in [-0.05, 0) is 55.0 Å². The molecule has 1 aromatic heterocycles. The second kappa shape index (κ2) is 8.10. The Morgan fingerprint density at radius 1 is 1.36 bits per heavy atom. The molecule has 1 saturated heterocycles. The summed E-state index contributed by atoms with van der Waals surface area (Å²) in [4.78, 5) is 29.4. The lowest BCUT2D eigenvalue weighted by molar-refractivity contribution is -0.115. The van der Waals surface area contributed by atoms with Crippen LogP contribution in [0.3, 0.4) is 0 Å². The standard InChI is InChI=1S/C20H23N5O2S/c26-10-1-3-18(25-9-8-20(13-25)6-2-7-20)24-22-12-19(27)23-15-4-5-17-16(11-15)21-14-28-17/h1,3-5,10-11,14,22H,2,6-9,12-13H2,(H,23,27)/b3-1-,24-18+. The molecule has 1 saturated carbocycles. The van der Waals surface area contributed by atoms with Gasteiger partial charge in [-0.1, -0.05) is 6.42 Å². The number of hydrogen-bond acceptors (Lipinski definition) is 6. The van der Waals surface area contributed by atoms with Crippen molar-refractivity contribution >= 4 is 45.3 Å². The van der Waals surface area contributed by atoms with Gasteiger partial charge in [0.1, 0.15) is 18.7 Å². The summed E-state index contributed by atoms with van der Waals surface area (Å²) in [6.45, 7) is 1.95. The molecule has 1 aromatic carbocycles. The number of hydrazone groups is 1. The third-order valence-corrected chi connectivity index (χ3v) is 6.36. The van der Waals surface area contributed by atoms with E-state index < -0.39 is 0 Å². The molecule has 0 atom stereocenters. The summed E-state index contributed by atoms with van der Waals surface area (Å²) in [7, 11) is 0. The average Bonchev–Trinajstić information content (AvgIpc) is 3.31. The van der Waals surface area contributed by atoms with Gasteiger partial charge < -0.3 is 10.2 Å². The van der Waals surface area contributed by atoms with Gasteiger partial charge in [0.05, 0.1) is 15.7 Å². The third kappa shape index (κ3) is 4.06. The summed E-state index contributed by atoms with van der Waals surface area (Å²) in [6, 6.07) is 5.66. The Kier molecular flexibility index (Phi) is 5.38. The van der Waals surface area contributed by atoms with Crippen molar-refractivity contribution in [1.29, 1.82) is 0 Å². The summed E-state index contributed by atoms with van der Waals surface area (Å²) in [5, 5.41) is 7.21. The van der Waals surface area contributed by atoms with Gasteiger partial charge in [-0.15, -0.1) is 11.3 Å². The van der Waals surface area contributed by atoms with Crippen LogP contribution in [0, 0.1) is 5.41 Å². The number of carbonyl (C=O) groups is 2. The zero-order valence-electron chi connectivity index (χ0n) is 15.6. The summed E-state index contributed by atoms with van der Waals surface area (Å²) >= 11 is 1.57. The highest BCUT2D eigenvalue weighted by atomic mass is 32.1. The molecule has 28 heavy (non-hydrogen) atoms. The highest BCUT2D eigenvalue weighted by Crippen LogP contribution is 2.48. The topological polar surface area (TPSA) is 86.7 Å². The molecule has 1 aliphatic heterocycles. The minimum absolute atomic E-state index is 0.0481. The Bertz CT molecular complexity index is 932. The number of rotatable bonds is 6. The lowest BCUT2D eigenvalue weighted by Crippen LogP contribution is -2.36. The number of hydrogen-bond donors (Lipinski definition) is 2. The van der Waals surface area contributed by atoms with Crippen LogP contribution in [0.1, 0.15) is 25.7 Å². The molecule has 2 aromatic rings. The quantitative estimate of drug-likeness (QED) is 0.257. The zero-order valence-corrected chi connectivity index (χ0v) is 16.4. The highest BCUT2D eigenvalue weighted by molar-refractivity contribution is 7.16. The molecule has 1 spiro atoms. The van der Waals surface area contributed by atoms with Gasteiger partial charge in [-0.3, -0.25) is 15.0 Å². The molecule has 1 amide bonds. The summed E-state index contributed by atoms with van der Waals surface area (Å²) in [5.74, 6) is 0.515. The van der Waals surface area contributed by atoms with Gasteiger partial charge in [-0.2, -0.15) is 5.10 Å². The third-order valence-electron chi connectivity index (χ3n) is 5.55. The van der Waals surface area contributed by atoms with Crippen LogP contribution in [0.25, 0.3) is 10.2 Å². The van der Waals surface area contributed by atoms with Crippen LogP contribution in [-0.2, 0) is 9.59 Å². The molecule has 8 heteroatoms. The highest BCUT2D eigenvalue weighted by Gasteiger charge is 2.43. The second-order valence-corrected chi connectivity index (χ2v) is 8.29. The number of fused-ring (bicyclic) bond motifs is 1. The van der Waals surface area contributed by atoms with Crippen molar-refractivity contribution < 1.29 is 9.59 Å². The maximum Gasteiger partial charge on any atom is 0.245 e. The number of aldehydes is 1. The molecule has 1 aliphatic carbocycles. The number of likely N-dealkylation sites (tertiary alicyclic amines) is 1. The Morgan fingerprint density at radius 3 is 3.00 bits per heavy atom. The predicted octanol–water partition coefficient (Wildman–Crippen LogP) is 2.77. The van der Waals surface area contributed by atoms with Crippen LogP contribution in [0.15, 0.2) is 41.0 Å². The van der Waals surface area contributed by atoms with Crippen molar-refractivity contribution in [1.82, 2.24) is 15.3 Å². The predicted molar refractivity (Wildman–Crippen MR) is 111 cm³/mol. The van der Waals surface area contributed by atoms with Crippen molar-refractivity contribution in [2.45, 2.75) is 25.7 Å². The van der Waals surface area contributed by atoms with Crippen molar-refractivity contribution in [2.24, 2.45) is 10.5 Å². The Balaban J connectivity index is 1.34. The maximum atomic E-state index is 12.2. The first-order chi connectivity index (χ1) is 13.7. The molecule has 0 radical (unpaired) electrons. The van der Waals surface area contributed by atoms with Gasteiger partial charge >= 0.3 is 0 Å². The van der Waals surface area contributed by atoms with E-state index in [-0.39, 0.29) is 12.5 Å². The number of nitrogens with zero attached hydrogens (tertiary/aromatic N) is 3. The van der Waals surface area contributed by atoms with E-state index in [2.05, 4.69) is 25.7 Å². The number of carbonyl (C=O) groups excluding carboxylic acids is 2. The van der Waals surface area contributed by atoms with Crippen LogP contribution in [0.4, 0.5) is 5.69 Å². The van der Waals surface area contributed by atoms with Gasteiger partial charge in [0.2, 0.25) is 5.91 Å². The summed E-state index contributed by atoms with van der Waals surface area (Å²) in [5.41, 5.74) is 6.64. The molecule has 2 N–H and O–H groups in total. The number of allylic oxidation sites excluding steroid dienone is 1. The van der Waals surface area contributed by atoms with Gasteiger partial charge in [-0.25, -0.2) is 4.98 Å². The van der Waals surface area contributed by atoms with Gasteiger partial charge in [0.15, 0.2) is 0 Å². The molecular formula is C20H23N5O2S. The van der Waals surface area contributed by atoms with Crippen molar-refractivity contribution in [3.63, 3.8) is 0 Å². The monoisotopic (exact) mass is 397 g/mol. The van der Waals surface area contributed by atoms with Crippen LogP contribution in [0.2, 0.25) is 0 Å². The van der Waals surface area contributed by atoms with Crippen molar-refractivity contribution in [2.75, 3.05) is 25.0 Å². The normalized spacial score (nSPS) is 18.6. The molecule has 2 heterocycles. The number of benzene rings is 1. The van der Waals surface area contributed by atoms with Crippen LogP contribution in [0.5, 0.6) is 0 Å². The molecule has 146 valence electrons. The van der Waals surface area contributed by atoms with Crippen LogP contribution < -0.4 is 10.7 Å². The lowest BCUT2D eigenvalue weighted by Gasteiger charge is -2.38. The number of thiazole rings is 1. The van der Waals surface area contributed by atoms with Crippen LogP contribution in [-0.4, -0.2) is 47.5 Å². The smallest absolute Gasteiger partial charge is 0.245 e. The second-order valence-electron chi connectivity index (χ2n) is 7.41. The molecule has 2 aliphatic rings. The van der Waals surface area contributed by atoms with E-state index in [0.29, 0.717) is 16.9 Å². The fraction of sp³-hybridized carbons (Fsp3) is 0.400. The first kappa shape index (κ1) is 18.6. The SMILES string of the molecule is O=C/C=C\C(=N/NCC(=O)Nc1ccc2scnc2c1)N1CCC2(CCC2)C1. The molecule has 7 nitrogen and oxygen atoms in total. The molecule has 4 rings (SSSR count). The Labute approximate surface area is 167 Å². The van der Waals surface area contributed by atoms with E-state index in [1.165, 1.54) is 31.8 Å². The minimum Gasteiger partial charge on any atom is -0.355 e. The molecule has 2 fully saturated rings. The maximum absolute atomic E-state index is 12.2. The number of anilines is 1. The van der Waals surface area contributed by atoms with Crippen molar-refractivity contribution in [3.05, 3.63) is 35.9 Å². The average molecular weight is 398 g/mol. The molecule has 0 bridgehead atoms. The molecular weight excluding hydrogens is 374 g/mol. The van der Waals surface area contributed by atoms with E-state index in [1.54, 1.807) is 22.9 Å². The Hall–Kier alpha value is -2.74. The fourth-order valence-electron chi connectivity index (χ4n) is 3.89. The first-order valence-electron chi connectivity index (χ1n) is 9.48.